The molecule has 1 aromatic rings. The average Bonchev–Trinajstić information content (AvgIpc) is 2.50. The van der Waals surface area contributed by atoms with E-state index in [-0.39, 0.29) is 29.7 Å². The van der Waals surface area contributed by atoms with E-state index in [4.69, 9.17) is 0 Å². The monoisotopic (exact) mass is 466 g/mol. The lowest BCUT2D eigenvalue weighted by Gasteiger charge is -2.39. The minimum Gasteiger partial charge on any atom is -0.357 e. The van der Waals surface area contributed by atoms with Crippen LogP contribution in [0.25, 0.3) is 0 Å². The minimum atomic E-state index is -3.04. The van der Waals surface area contributed by atoms with Crippen molar-refractivity contribution in [2.75, 3.05) is 31.9 Å². The van der Waals surface area contributed by atoms with Gasteiger partial charge in [-0.2, -0.15) is 0 Å². The van der Waals surface area contributed by atoms with E-state index in [9.17, 15) is 8.42 Å². The van der Waals surface area contributed by atoms with Crippen LogP contribution in [-0.4, -0.2) is 60.9 Å². The van der Waals surface area contributed by atoms with Gasteiger partial charge >= 0.3 is 0 Å². The highest BCUT2D eigenvalue weighted by Crippen LogP contribution is 2.23. The number of nitrogens with zero attached hydrogens (tertiary/aromatic N) is 3. The van der Waals surface area contributed by atoms with Gasteiger partial charge in [0, 0.05) is 38.6 Å². The summed E-state index contributed by atoms with van der Waals surface area (Å²) in [6.45, 7) is 7.95. The topological polar surface area (TPSA) is 74.7 Å². The van der Waals surface area contributed by atoms with E-state index in [0.29, 0.717) is 19.6 Å². The maximum Gasteiger partial charge on any atom is 0.194 e. The molecule has 0 saturated carbocycles. The zero-order valence-electron chi connectivity index (χ0n) is 14.5. The molecule has 0 aliphatic carbocycles. The Morgan fingerprint density at radius 1 is 1.46 bits per heavy atom. The normalized spacial score (nSPS) is 19.5. The second-order valence-electron chi connectivity index (χ2n) is 6.35. The fourth-order valence-electron chi connectivity index (χ4n) is 2.59. The lowest BCUT2D eigenvalue weighted by molar-refractivity contribution is 0.353. The van der Waals surface area contributed by atoms with Crippen LogP contribution in [-0.2, 0) is 16.3 Å². The maximum atomic E-state index is 12.1. The van der Waals surface area contributed by atoms with Crippen molar-refractivity contribution in [2.45, 2.75) is 31.9 Å². The minimum absolute atomic E-state index is 0. The number of guanidine groups is 1. The summed E-state index contributed by atoms with van der Waals surface area (Å²) in [5, 5.41) is 3.27. The van der Waals surface area contributed by atoms with Gasteiger partial charge in [0.2, 0.25) is 0 Å². The molecule has 0 radical (unpaired) electrons. The molecule has 1 aromatic heterocycles. The van der Waals surface area contributed by atoms with Crippen molar-refractivity contribution >= 4 is 39.8 Å². The summed E-state index contributed by atoms with van der Waals surface area (Å²) in [6.07, 6.45) is 4.42. The van der Waals surface area contributed by atoms with E-state index in [0.717, 1.165) is 24.5 Å². The van der Waals surface area contributed by atoms with Crippen LogP contribution in [0.3, 0.4) is 0 Å². The van der Waals surface area contributed by atoms with Gasteiger partial charge in [-0.3, -0.25) is 9.98 Å². The molecule has 1 fully saturated rings. The van der Waals surface area contributed by atoms with E-state index in [1.807, 2.05) is 30.2 Å². The first-order chi connectivity index (χ1) is 10.9. The van der Waals surface area contributed by atoms with Crippen molar-refractivity contribution in [3.8, 4) is 0 Å². The Balaban J connectivity index is 0.00000288. The molecule has 0 bridgehead atoms. The molecule has 8 heteroatoms. The molecule has 0 spiro atoms. The van der Waals surface area contributed by atoms with E-state index >= 15 is 0 Å². The Kier molecular flexibility index (Phi) is 7.91. The Morgan fingerprint density at radius 3 is 2.79 bits per heavy atom. The molecule has 0 atom stereocenters. The quantitative estimate of drug-likeness (QED) is 0.416. The van der Waals surface area contributed by atoms with Gasteiger partial charge in [-0.15, -0.1) is 24.0 Å². The van der Waals surface area contributed by atoms with Crippen LogP contribution in [0.15, 0.2) is 29.5 Å². The highest BCUT2D eigenvalue weighted by Gasteiger charge is 2.40. The zero-order valence-corrected chi connectivity index (χ0v) is 17.7. The SMILES string of the molecule is CCNC(=NCCc1cccnc1)N1CCS(=O)(=O)C(C)(C)C1.I. The fourth-order valence-corrected chi connectivity index (χ4v) is 3.95. The number of nitrogens with one attached hydrogen (secondary N) is 1. The van der Waals surface area contributed by atoms with Crippen LogP contribution in [0.2, 0.25) is 0 Å². The van der Waals surface area contributed by atoms with Crippen LogP contribution in [0.1, 0.15) is 26.3 Å². The number of pyridine rings is 1. The Morgan fingerprint density at radius 2 is 2.21 bits per heavy atom. The summed E-state index contributed by atoms with van der Waals surface area (Å²) < 4.78 is 23.5. The van der Waals surface area contributed by atoms with E-state index in [1.54, 1.807) is 20.0 Å². The molecule has 136 valence electrons. The highest BCUT2D eigenvalue weighted by atomic mass is 127. The molecule has 1 aliphatic rings. The number of aliphatic imine (C=N–C) groups is 1. The summed E-state index contributed by atoms with van der Waals surface area (Å²) in [7, 11) is -3.04. The molecule has 2 rings (SSSR count). The molecular weight excluding hydrogens is 439 g/mol. The molecular formula is C16H27IN4O2S. The van der Waals surface area contributed by atoms with E-state index < -0.39 is 14.6 Å². The molecule has 24 heavy (non-hydrogen) atoms. The van der Waals surface area contributed by atoms with Crippen molar-refractivity contribution in [3.05, 3.63) is 30.1 Å². The van der Waals surface area contributed by atoms with E-state index in [1.165, 1.54) is 0 Å². The zero-order chi connectivity index (χ0) is 16.9. The first kappa shape index (κ1) is 21.1. The summed E-state index contributed by atoms with van der Waals surface area (Å²) in [5.74, 6) is 0.965. The lowest BCUT2D eigenvalue weighted by atomic mass is 10.2. The average molecular weight is 466 g/mol. The van der Waals surface area contributed by atoms with E-state index in [2.05, 4.69) is 15.3 Å². The maximum absolute atomic E-state index is 12.1. The second kappa shape index (κ2) is 8.98. The molecule has 1 saturated heterocycles. The van der Waals surface area contributed by atoms with Crippen molar-refractivity contribution in [1.82, 2.24) is 15.2 Å². The summed E-state index contributed by atoms with van der Waals surface area (Å²) >= 11 is 0. The fraction of sp³-hybridized carbons (Fsp3) is 0.625. The number of halogens is 1. The van der Waals surface area contributed by atoms with Crippen LogP contribution in [0.5, 0.6) is 0 Å². The lowest BCUT2D eigenvalue weighted by Crippen LogP contribution is -2.57. The van der Waals surface area contributed by atoms with Gasteiger partial charge in [-0.25, -0.2) is 8.42 Å². The second-order valence-corrected chi connectivity index (χ2v) is 9.09. The third-order valence-electron chi connectivity index (χ3n) is 4.06. The first-order valence-corrected chi connectivity index (χ1v) is 9.65. The Hall–Kier alpha value is -0.900. The standard InChI is InChI=1S/C16H26N4O2S.HI/c1-4-18-15(19-9-7-14-6-5-8-17-12-14)20-10-11-23(21,22)16(2,3)13-20;/h5-6,8,12H,4,7,9-11,13H2,1-3H3,(H,18,19);1H. The van der Waals surface area contributed by atoms with Crippen LogP contribution < -0.4 is 5.32 Å². The van der Waals surface area contributed by atoms with Gasteiger partial charge in [0.25, 0.3) is 0 Å². The van der Waals surface area contributed by atoms with Gasteiger partial charge in [-0.1, -0.05) is 6.07 Å². The van der Waals surface area contributed by atoms with Gasteiger partial charge in [0.1, 0.15) is 0 Å². The third kappa shape index (κ3) is 5.30. The van der Waals surface area contributed by atoms with Gasteiger partial charge in [-0.05, 0) is 38.8 Å². The largest absolute Gasteiger partial charge is 0.357 e. The molecule has 2 heterocycles. The predicted molar refractivity (Wildman–Crippen MR) is 109 cm³/mol. The van der Waals surface area contributed by atoms with Crippen molar-refractivity contribution in [1.29, 1.82) is 0 Å². The molecule has 1 aliphatic heterocycles. The molecule has 6 nitrogen and oxygen atoms in total. The van der Waals surface area contributed by atoms with Crippen molar-refractivity contribution in [3.63, 3.8) is 0 Å². The Bertz CT molecular complexity index is 647. The summed E-state index contributed by atoms with van der Waals surface area (Å²) in [4.78, 5) is 10.8. The highest BCUT2D eigenvalue weighted by molar-refractivity contribution is 14.0. The number of hydrogen-bond acceptors (Lipinski definition) is 4. The van der Waals surface area contributed by atoms with Crippen molar-refractivity contribution in [2.24, 2.45) is 4.99 Å². The van der Waals surface area contributed by atoms with Gasteiger partial charge in [0.15, 0.2) is 15.8 Å². The first-order valence-electron chi connectivity index (χ1n) is 8.00. The summed E-state index contributed by atoms with van der Waals surface area (Å²) in [6, 6.07) is 3.95. The molecule has 0 unspecified atom stereocenters. The molecule has 0 aromatic carbocycles. The number of rotatable bonds is 4. The number of sulfone groups is 1. The summed E-state index contributed by atoms with van der Waals surface area (Å²) in [5.41, 5.74) is 1.15. The van der Waals surface area contributed by atoms with Crippen LogP contribution in [0.4, 0.5) is 0 Å². The number of hydrogen-bond donors (Lipinski definition) is 1. The molecule has 1 N–H and O–H groups in total. The third-order valence-corrected chi connectivity index (χ3v) is 6.60. The Labute approximate surface area is 162 Å². The van der Waals surface area contributed by atoms with Gasteiger partial charge < -0.3 is 10.2 Å². The number of aromatic nitrogens is 1. The molecule has 0 amide bonds. The van der Waals surface area contributed by atoms with Crippen molar-refractivity contribution < 1.29 is 8.42 Å². The smallest absolute Gasteiger partial charge is 0.194 e. The van der Waals surface area contributed by atoms with Crippen LogP contribution >= 0.6 is 24.0 Å². The van der Waals surface area contributed by atoms with Crippen LogP contribution in [0, 0.1) is 0 Å². The predicted octanol–water partition coefficient (Wildman–Crippen LogP) is 1.72. The van der Waals surface area contributed by atoms with Gasteiger partial charge in [0.05, 0.1) is 10.5 Å².